The van der Waals surface area contributed by atoms with Crippen LogP contribution in [0.15, 0.2) is 12.7 Å². The molecule has 7 nitrogen and oxygen atoms in total. The third-order valence-electron chi connectivity index (χ3n) is 2.03. The smallest absolute Gasteiger partial charge is 0.222 e. The summed E-state index contributed by atoms with van der Waals surface area (Å²) in [7, 11) is 0. The van der Waals surface area contributed by atoms with E-state index in [-0.39, 0.29) is 0 Å². The Hall–Kier alpha value is -1.12. The van der Waals surface area contributed by atoms with Crippen LogP contribution in [0, 0.1) is 0 Å². The average Bonchev–Trinajstić information content (AvgIpc) is 2.32. The molecule has 0 heterocycles. The molecule has 0 radical (unpaired) electrons. The second-order valence-electron chi connectivity index (χ2n) is 3.19. The van der Waals surface area contributed by atoms with Crippen LogP contribution < -0.4 is 5.73 Å². The number of nitrogens with two attached hydrogens (primary N) is 1. The molecule has 0 saturated heterocycles. The van der Waals surface area contributed by atoms with Crippen molar-refractivity contribution >= 4 is 11.6 Å². The zero-order valence-electron chi connectivity index (χ0n) is 8.48. The van der Waals surface area contributed by atoms with Crippen molar-refractivity contribution in [3.8, 4) is 0 Å². The molecule has 0 unspecified atom stereocenters. The van der Waals surface area contributed by atoms with Crippen molar-refractivity contribution < 1.29 is 30.0 Å². The van der Waals surface area contributed by atoms with Crippen LogP contribution in [0.2, 0.25) is 0 Å². The number of carbonyl (C=O) groups is 2. The summed E-state index contributed by atoms with van der Waals surface area (Å²) >= 11 is 0. The number of rotatable bonds is 7. The van der Waals surface area contributed by atoms with Crippen molar-refractivity contribution in [2.75, 3.05) is 6.61 Å². The van der Waals surface area contributed by atoms with Crippen LogP contribution in [-0.4, -0.2) is 63.0 Å². The van der Waals surface area contributed by atoms with Crippen LogP contribution in [0.4, 0.5) is 0 Å². The molecule has 0 aromatic heterocycles. The maximum Gasteiger partial charge on any atom is 0.222 e. The molecule has 7 heteroatoms. The molecular weight excluding hydrogens is 218 g/mol. The van der Waals surface area contributed by atoms with Gasteiger partial charge in [0, 0.05) is 0 Å². The minimum atomic E-state index is -1.85. The Morgan fingerprint density at radius 2 is 1.75 bits per heavy atom. The Morgan fingerprint density at radius 1 is 1.25 bits per heavy atom. The van der Waals surface area contributed by atoms with Gasteiger partial charge >= 0.3 is 0 Å². The summed E-state index contributed by atoms with van der Waals surface area (Å²) in [6, 6.07) is -1.68. The summed E-state index contributed by atoms with van der Waals surface area (Å²) in [5, 5.41) is 36.1. The van der Waals surface area contributed by atoms with Crippen LogP contribution in [0.25, 0.3) is 0 Å². The van der Waals surface area contributed by atoms with Crippen molar-refractivity contribution in [2.45, 2.75) is 24.4 Å². The third kappa shape index (κ3) is 3.47. The quantitative estimate of drug-likeness (QED) is 0.229. The van der Waals surface area contributed by atoms with Gasteiger partial charge < -0.3 is 26.2 Å². The number of aliphatic hydroxyl groups is 4. The maximum absolute atomic E-state index is 11.2. The standard InChI is InChI=1S/C9H15NO6/c1-2-4(12)7(14)6(10)9(16)8(15)5(13)3-11/h2,5-6,8-9,11,13,15-16H,1,3,10H2/t5-,6+,8+,9-/m1/s1. The molecule has 0 rings (SSSR count). The van der Waals surface area contributed by atoms with Gasteiger partial charge in [0.1, 0.15) is 24.4 Å². The Labute approximate surface area is 91.8 Å². The fourth-order valence-corrected chi connectivity index (χ4v) is 0.968. The third-order valence-corrected chi connectivity index (χ3v) is 2.03. The summed E-state index contributed by atoms with van der Waals surface area (Å²) in [6.07, 6.45) is -4.59. The van der Waals surface area contributed by atoms with Gasteiger partial charge in [-0.25, -0.2) is 0 Å². The van der Waals surface area contributed by atoms with Gasteiger partial charge in [0.25, 0.3) is 0 Å². The van der Waals surface area contributed by atoms with E-state index in [1.165, 1.54) is 0 Å². The fraction of sp³-hybridized carbons (Fsp3) is 0.556. The summed E-state index contributed by atoms with van der Waals surface area (Å²) < 4.78 is 0. The maximum atomic E-state index is 11.2. The van der Waals surface area contributed by atoms with Gasteiger partial charge in [0.15, 0.2) is 0 Å². The van der Waals surface area contributed by atoms with Gasteiger partial charge in [0.2, 0.25) is 11.6 Å². The summed E-state index contributed by atoms with van der Waals surface area (Å²) in [6.45, 7) is 2.25. The lowest BCUT2D eigenvalue weighted by Crippen LogP contribution is -2.54. The number of hydrogen-bond acceptors (Lipinski definition) is 7. The molecule has 4 atom stereocenters. The molecule has 0 fully saturated rings. The number of allylic oxidation sites excluding steroid dienone is 1. The summed E-state index contributed by atoms with van der Waals surface area (Å²) in [4.78, 5) is 22.0. The van der Waals surface area contributed by atoms with E-state index < -0.39 is 42.5 Å². The average molecular weight is 233 g/mol. The number of carbonyl (C=O) groups excluding carboxylic acids is 2. The summed E-state index contributed by atoms with van der Waals surface area (Å²) in [5.74, 6) is -2.14. The van der Waals surface area contributed by atoms with E-state index >= 15 is 0 Å². The lowest BCUT2D eigenvalue weighted by molar-refractivity contribution is -0.139. The Balaban J connectivity index is 4.60. The van der Waals surface area contributed by atoms with Crippen molar-refractivity contribution in [3.05, 3.63) is 12.7 Å². The lowest BCUT2D eigenvalue weighted by Gasteiger charge is -2.24. The van der Waals surface area contributed by atoms with Gasteiger partial charge in [-0.1, -0.05) is 6.58 Å². The summed E-state index contributed by atoms with van der Waals surface area (Å²) in [5.41, 5.74) is 5.21. The Bertz CT molecular complexity index is 279. The number of Topliss-reactive ketones (excluding diaryl/α,β-unsaturated/α-hetero) is 1. The van der Waals surface area contributed by atoms with Crippen LogP contribution in [0.3, 0.4) is 0 Å². The van der Waals surface area contributed by atoms with Crippen molar-refractivity contribution in [3.63, 3.8) is 0 Å². The van der Waals surface area contributed by atoms with Crippen molar-refractivity contribution in [1.29, 1.82) is 0 Å². The van der Waals surface area contributed by atoms with Gasteiger partial charge in [-0.15, -0.1) is 0 Å². The van der Waals surface area contributed by atoms with Crippen LogP contribution in [0.5, 0.6) is 0 Å². The molecule has 0 bridgehead atoms. The second-order valence-corrected chi connectivity index (χ2v) is 3.19. The van der Waals surface area contributed by atoms with E-state index in [1.807, 2.05) is 0 Å². The molecule has 0 aromatic rings. The van der Waals surface area contributed by atoms with Gasteiger partial charge in [0.05, 0.1) is 6.61 Å². The monoisotopic (exact) mass is 233 g/mol. The van der Waals surface area contributed by atoms with E-state index in [0.29, 0.717) is 0 Å². The van der Waals surface area contributed by atoms with Crippen molar-refractivity contribution in [2.24, 2.45) is 5.73 Å². The number of ketones is 2. The van der Waals surface area contributed by atoms with Crippen LogP contribution in [-0.2, 0) is 9.59 Å². The lowest BCUT2D eigenvalue weighted by atomic mass is 9.97. The Kier molecular flexibility index (Phi) is 6.01. The fourth-order valence-electron chi connectivity index (χ4n) is 0.968. The van der Waals surface area contributed by atoms with Crippen molar-refractivity contribution in [1.82, 2.24) is 0 Å². The molecule has 0 spiro atoms. The molecule has 6 N–H and O–H groups in total. The zero-order valence-corrected chi connectivity index (χ0v) is 8.48. The highest BCUT2D eigenvalue weighted by molar-refractivity contribution is 6.43. The van der Waals surface area contributed by atoms with E-state index in [2.05, 4.69) is 6.58 Å². The largest absolute Gasteiger partial charge is 0.394 e. The predicted molar refractivity (Wildman–Crippen MR) is 53.3 cm³/mol. The van der Waals surface area contributed by atoms with Crippen LogP contribution >= 0.6 is 0 Å². The first-order chi connectivity index (χ1) is 7.36. The first-order valence-corrected chi connectivity index (χ1v) is 4.48. The van der Waals surface area contributed by atoms with E-state index in [1.54, 1.807) is 0 Å². The van der Waals surface area contributed by atoms with E-state index in [4.69, 9.17) is 15.9 Å². The van der Waals surface area contributed by atoms with E-state index in [9.17, 15) is 19.8 Å². The highest BCUT2D eigenvalue weighted by Gasteiger charge is 2.34. The Morgan fingerprint density at radius 3 is 2.12 bits per heavy atom. The highest BCUT2D eigenvalue weighted by Crippen LogP contribution is 2.05. The number of aliphatic hydroxyl groups excluding tert-OH is 4. The minimum absolute atomic E-state index is 0.726. The molecule has 16 heavy (non-hydrogen) atoms. The molecule has 0 amide bonds. The van der Waals surface area contributed by atoms with Gasteiger partial charge in [-0.05, 0) is 6.08 Å². The second kappa shape index (κ2) is 6.46. The normalized spacial score (nSPS) is 18.3. The predicted octanol–water partition coefficient (Wildman–Crippen LogP) is -3.29. The molecule has 0 saturated carbocycles. The molecule has 92 valence electrons. The topological polar surface area (TPSA) is 141 Å². The van der Waals surface area contributed by atoms with E-state index in [0.717, 1.165) is 6.08 Å². The highest BCUT2D eigenvalue weighted by atomic mass is 16.4. The minimum Gasteiger partial charge on any atom is -0.394 e. The van der Waals surface area contributed by atoms with Gasteiger partial charge in [-0.3, -0.25) is 9.59 Å². The number of hydrogen-bond donors (Lipinski definition) is 5. The van der Waals surface area contributed by atoms with Crippen LogP contribution in [0.1, 0.15) is 0 Å². The van der Waals surface area contributed by atoms with Gasteiger partial charge in [-0.2, -0.15) is 0 Å². The first kappa shape index (κ1) is 14.9. The zero-order chi connectivity index (χ0) is 12.9. The molecule has 0 aliphatic rings. The molecule has 0 aromatic carbocycles. The SMILES string of the molecule is C=CC(=O)C(=O)[C@H](N)[C@@H](O)[C@@H](O)[C@H](O)CO. The molecular formula is C9H15NO6. The first-order valence-electron chi connectivity index (χ1n) is 4.48. The molecule has 0 aliphatic carbocycles. The molecule has 0 aliphatic heterocycles.